The first-order valence-corrected chi connectivity index (χ1v) is 4.48. The highest BCUT2D eigenvalue weighted by atomic mass is 15.4. The van der Waals surface area contributed by atoms with E-state index >= 15 is 0 Å². The van der Waals surface area contributed by atoms with Crippen molar-refractivity contribution in [1.82, 2.24) is 19.7 Å². The molecule has 0 radical (unpaired) electrons. The highest BCUT2D eigenvalue weighted by molar-refractivity contribution is 5.29. The molecule has 2 aromatic heterocycles. The number of pyridine rings is 1. The summed E-state index contributed by atoms with van der Waals surface area (Å²) in [5.41, 5.74) is 0.375. The van der Waals surface area contributed by atoms with Gasteiger partial charge in [-0.15, -0.1) is 5.10 Å². The van der Waals surface area contributed by atoms with Crippen molar-refractivity contribution < 1.29 is 0 Å². The standard InChI is InChI=1S/C10H9N5/c1-7-12-8(2)15(14-7)10-5-3-4-9(6-11)13-10/h3-5H,1-2H3. The zero-order chi connectivity index (χ0) is 10.8. The van der Waals surface area contributed by atoms with Gasteiger partial charge in [-0.05, 0) is 26.0 Å². The van der Waals surface area contributed by atoms with Crippen molar-refractivity contribution in [2.75, 3.05) is 0 Å². The van der Waals surface area contributed by atoms with Gasteiger partial charge in [0.15, 0.2) is 5.82 Å². The third-order valence-electron chi connectivity index (χ3n) is 1.94. The molecule has 0 aliphatic heterocycles. The summed E-state index contributed by atoms with van der Waals surface area (Å²) < 4.78 is 1.62. The molecule has 0 saturated heterocycles. The largest absolute Gasteiger partial charge is 0.218 e. The maximum atomic E-state index is 8.73. The van der Waals surface area contributed by atoms with Crippen LogP contribution in [0, 0.1) is 25.2 Å². The summed E-state index contributed by atoms with van der Waals surface area (Å²) in [6, 6.07) is 7.21. The minimum Gasteiger partial charge on any atom is -0.218 e. The Bertz CT molecular complexity index is 535. The average Bonchev–Trinajstić information content (AvgIpc) is 2.58. The summed E-state index contributed by atoms with van der Waals surface area (Å²) in [5, 5.41) is 12.9. The monoisotopic (exact) mass is 199 g/mol. The van der Waals surface area contributed by atoms with E-state index in [1.165, 1.54) is 0 Å². The van der Waals surface area contributed by atoms with Crippen LogP contribution in [0.4, 0.5) is 0 Å². The Kier molecular flexibility index (Phi) is 2.18. The minimum absolute atomic E-state index is 0.375. The number of nitriles is 1. The molecule has 0 unspecified atom stereocenters. The molecule has 0 saturated carbocycles. The molecule has 0 aromatic carbocycles. The van der Waals surface area contributed by atoms with Gasteiger partial charge in [0.25, 0.3) is 0 Å². The summed E-state index contributed by atoms with van der Waals surface area (Å²) in [4.78, 5) is 8.31. The van der Waals surface area contributed by atoms with Crippen molar-refractivity contribution in [2.24, 2.45) is 0 Å². The lowest BCUT2D eigenvalue weighted by molar-refractivity contribution is 0.802. The molecular weight excluding hydrogens is 190 g/mol. The number of aryl methyl sites for hydroxylation is 2. The molecule has 0 atom stereocenters. The first-order valence-electron chi connectivity index (χ1n) is 4.48. The molecule has 5 heteroatoms. The summed E-state index contributed by atoms with van der Waals surface area (Å²) in [5.74, 6) is 2.07. The normalized spacial score (nSPS) is 9.93. The van der Waals surface area contributed by atoms with Gasteiger partial charge in [0.1, 0.15) is 23.4 Å². The summed E-state index contributed by atoms with van der Waals surface area (Å²) in [6.45, 7) is 3.67. The van der Waals surface area contributed by atoms with Crippen LogP contribution in [-0.4, -0.2) is 19.7 Å². The molecule has 0 N–H and O–H groups in total. The Hall–Kier alpha value is -2.22. The van der Waals surface area contributed by atoms with Gasteiger partial charge in [0.2, 0.25) is 0 Å². The Morgan fingerprint density at radius 3 is 2.67 bits per heavy atom. The molecular formula is C10H9N5. The van der Waals surface area contributed by atoms with Gasteiger partial charge in [-0.3, -0.25) is 0 Å². The van der Waals surface area contributed by atoms with E-state index in [0.717, 1.165) is 5.82 Å². The molecule has 0 aliphatic rings. The van der Waals surface area contributed by atoms with Gasteiger partial charge in [-0.1, -0.05) is 6.07 Å². The Balaban J connectivity index is 2.55. The van der Waals surface area contributed by atoms with E-state index in [2.05, 4.69) is 15.1 Å². The third-order valence-corrected chi connectivity index (χ3v) is 1.94. The van der Waals surface area contributed by atoms with E-state index in [-0.39, 0.29) is 0 Å². The van der Waals surface area contributed by atoms with Crippen LogP contribution in [0.15, 0.2) is 18.2 Å². The lowest BCUT2D eigenvalue weighted by Crippen LogP contribution is -2.02. The molecule has 0 aliphatic carbocycles. The van der Waals surface area contributed by atoms with E-state index in [1.807, 2.05) is 19.9 Å². The maximum absolute atomic E-state index is 8.73. The second-order valence-corrected chi connectivity index (χ2v) is 3.11. The second kappa shape index (κ2) is 3.50. The number of rotatable bonds is 1. The van der Waals surface area contributed by atoms with Crippen LogP contribution in [0.1, 0.15) is 17.3 Å². The molecule has 0 spiro atoms. The van der Waals surface area contributed by atoms with Crippen LogP contribution >= 0.6 is 0 Å². The molecule has 15 heavy (non-hydrogen) atoms. The van der Waals surface area contributed by atoms with E-state index in [9.17, 15) is 0 Å². The van der Waals surface area contributed by atoms with Crippen molar-refractivity contribution in [3.8, 4) is 11.9 Å². The molecule has 74 valence electrons. The molecule has 0 amide bonds. The minimum atomic E-state index is 0.375. The van der Waals surface area contributed by atoms with Crippen LogP contribution in [0.5, 0.6) is 0 Å². The lowest BCUT2D eigenvalue weighted by atomic mass is 10.3. The lowest BCUT2D eigenvalue weighted by Gasteiger charge is -2.00. The number of aromatic nitrogens is 4. The van der Waals surface area contributed by atoms with Crippen molar-refractivity contribution >= 4 is 0 Å². The fourth-order valence-corrected chi connectivity index (χ4v) is 1.34. The highest BCUT2D eigenvalue weighted by Gasteiger charge is 2.06. The van der Waals surface area contributed by atoms with Gasteiger partial charge in [-0.25, -0.2) is 9.97 Å². The first kappa shape index (κ1) is 9.34. The van der Waals surface area contributed by atoms with E-state index in [0.29, 0.717) is 17.3 Å². The van der Waals surface area contributed by atoms with Crippen LogP contribution in [-0.2, 0) is 0 Å². The van der Waals surface area contributed by atoms with Crippen molar-refractivity contribution in [2.45, 2.75) is 13.8 Å². The predicted octanol–water partition coefficient (Wildman–Crippen LogP) is 1.15. The summed E-state index contributed by atoms with van der Waals surface area (Å²) in [6.07, 6.45) is 0. The van der Waals surface area contributed by atoms with E-state index < -0.39 is 0 Å². The fraction of sp³-hybridized carbons (Fsp3) is 0.200. The Morgan fingerprint density at radius 1 is 1.27 bits per heavy atom. The quantitative estimate of drug-likeness (QED) is 0.691. The van der Waals surface area contributed by atoms with Gasteiger partial charge in [-0.2, -0.15) is 9.94 Å². The zero-order valence-corrected chi connectivity index (χ0v) is 8.47. The van der Waals surface area contributed by atoms with E-state index in [4.69, 9.17) is 5.26 Å². The predicted molar refractivity (Wildman–Crippen MR) is 53.3 cm³/mol. The Labute approximate surface area is 87.0 Å². The van der Waals surface area contributed by atoms with Gasteiger partial charge < -0.3 is 0 Å². The summed E-state index contributed by atoms with van der Waals surface area (Å²) in [7, 11) is 0. The maximum Gasteiger partial charge on any atom is 0.157 e. The first-order chi connectivity index (χ1) is 7.20. The molecule has 2 rings (SSSR count). The van der Waals surface area contributed by atoms with Crippen molar-refractivity contribution in [1.29, 1.82) is 5.26 Å². The van der Waals surface area contributed by atoms with Crippen LogP contribution in [0.2, 0.25) is 0 Å². The van der Waals surface area contributed by atoms with Crippen molar-refractivity contribution in [3.63, 3.8) is 0 Å². The molecule has 0 fully saturated rings. The van der Waals surface area contributed by atoms with Crippen LogP contribution in [0.25, 0.3) is 5.82 Å². The topological polar surface area (TPSA) is 67.4 Å². The average molecular weight is 199 g/mol. The zero-order valence-electron chi connectivity index (χ0n) is 8.47. The van der Waals surface area contributed by atoms with Crippen molar-refractivity contribution in [3.05, 3.63) is 35.5 Å². The van der Waals surface area contributed by atoms with Gasteiger partial charge in [0.05, 0.1) is 0 Å². The third kappa shape index (κ3) is 1.70. The second-order valence-electron chi connectivity index (χ2n) is 3.11. The Morgan fingerprint density at radius 2 is 2.07 bits per heavy atom. The highest BCUT2D eigenvalue weighted by Crippen LogP contribution is 2.06. The summed E-state index contributed by atoms with van der Waals surface area (Å²) >= 11 is 0. The van der Waals surface area contributed by atoms with Gasteiger partial charge >= 0.3 is 0 Å². The van der Waals surface area contributed by atoms with Gasteiger partial charge in [0, 0.05) is 0 Å². The molecule has 2 aromatic rings. The van der Waals surface area contributed by atoms with E-state index in [1.54, 1.807) is 22.9 Å². The molecule has 5 nitrogen and oxygen atoms in total. The molecule has 0 bridgehead atoms. The number of hydrogen-bond donors (Lipinski definition) is 0. The SMILES string of the molecule is Cc1nc(C)n(-c2cccc(C#N)n2)n1. The molecule has 2 heterocycles. The van der Waals surface area contributed by atoms with Crippen LogP contribution < -0.4 is 0 Å². The smallest absolute Gasteiger partial charge is 0.157 e. The fourth-order valence-electron chi connectivity index (χ4n) is 1.34. The number of hydrogen-bond acceptors (Lipinski definition) is 4. The van der Waals surface area contributed by atoms with Crippen LogP contribution in [0.3, 0.4) is 0 Å². The number of nitrogens with zero attached hydrogens (tertiary/aromatic N) is 5.